The van der Waals surface area contributed by atoms with Crippen LogP contribution in [0.5, 0.6) is 0 Å². The second kappa shape index (κ2) is 4.28. The highest BCUT2D eigenvalue weighted by atomic mass is 127. The quantitative estimate of drug-likeness (QED) is 0.325. The third kappa shape index (κ3) is 4.61. The molecule has 11 heavy (non-hydrogen) atoms. The highest BCUT2D eigenvalue weighted by Crippen LogP contribution is 2.14. The average Bonchev–Trinajstić information content (AvgIpc) is 1.87. The molecular formula is C8H17IN2. The van der Waals surface area contributed by atoms with Crippen LogP contribution in [-0.4, -0.2) is 21.5 Å². The van der Waals surface area contributed by atoms with Crippen molar-refractivity contribution in [3.05, 3.63) is 0 Å². The molecule has 0 amide bonds. The number of halogens is 1. The molecule has 0 unspecified atom stereocenters. The van der Waals surface area contributed by atoms with E-state index in [9.17, 15) is 0 Å². The van der Waals surface area contributed by atoms with Crippen molar-refractivity contribution in [3.63, 3.8) is 0 Å². The van der Waals surface area contributed by atoms with E-state index >= 15 is 0 Å². The minimum absolute atomic E-state index is 0.0868. The third-order valence-electron chi connectivity index (χ3n) is 1.78. The lowest BCUT2D eigenvalue weighted by Gasteiger charge is -2.20. The second-order valence-electron chi connectivity index (χ2n) is 3.30. The number of amidine groups is 1. The molecule has 0 aliphatic heterocycles. The number of hydrogen-bond donors (Lipinski definition) is 0. The molecule has 0 atom stereocenters. The van der Waals surface area contributed by atoms with Gasteiger partial charge < -0.3 is 3.11 Å². The maximum Gasteiger partial charge on any atom is 0.105 e. The SMILES string of the molecule is CCC(C)(C)N=C(C)N(C)I. The number of nitrogens with zero attached hydrogens (tertiary/aromatic N) is 2. The highest BCUT2D eigenvalue weighted by Gasteiger charge is 2.13. The molecule has 0 aromatic heterocycles. The van der Waals surface area contributed by atoms with Crippen LogP contribution in [0.1, 0.15) is 34.1 Å². The third-order valence-corrected chi connectivity index (χ3v) is 2.47. The predicted molar refractivity (Wildman–Crippen MR) is 59.3 cm³/mol. The van der Waals surface area contributed by atoms with Crippen LogP contribution in [0.15, 0.2) is 4.99 Å². The van der Waals surface area contributed by atoms with Crippen molar-refractivity contribution < 1.29 is 0 Å². The van der Waals surface area contributed by atoms with Gasteiger partial charge in [-0.1, -0.05) is 6.92 Å². The summed E-state index contributed by atoms with van der Waals surface area (Å²) in [6.07, 6.45) is 1.08. The zero-order valence-electron chi connectivity index (χ0n) is 7.98. The summed E-state index contributed by atoms with van der Waals surface area (Å²) >= 11 is 2.23. The smallest absolute Gasteiger partial charge is 0.105 e. The van der Waals surface area contributed by atoms with E-state index in [1.54, 1.807) is 0 Å². The van der Waals surface area contributed by atoms with E-state index in [2.05, 4.69) is 48.6 Å². The van der Waals surface area contributed by atoms with Gasteiger partial charge in [0, 0.05) is 7.05 Å². The number of aliphatic imine (C=N–C) groups is 1. The first-order valence-corrected chi connectivity index (χ1v) is 4.81. The molecule has 0 spiro atoms. The molecule has 0 radical (unpaired) electrons. The normalized spacial score (nSPS) is 13.5. The van der Waals surface area contributed by atoms with Crippen molar-refractivity contribution in [2.24, 2.45) is 4.99 Å². The van der Waals surface area contributed by atoms with Crippen LogP contribution in [0.3, 0.4) is 0 Å². The fraction of sp³-hybridized carbons (Fsp3) is 0.875. The van der Waals surface area contributed by atoms with Crippen LogP contribution in [0.4, 0.5) is 0 Å². The van der Waals surface area contributed by atoms with Gasteiger partial charge in [-0.25, -0.2) is 0 Å². The van der Waals surface area contributed by atoms with E-state index in [0.717, 1.165) is 12.3 Å². The van der Waals surface area contributed by atoms with Crippen LogP contribution >= 0.6 is 22.9 Å². The topological polar surface area (TPSA) is 15.6 Å². The molecule has 0 aliphatic rings. The molecule has 0 N–H and O–H groups in total. The maximum absolute atomic E-state index is 4.56. The highest BCUT2D eigenvalue weighted by molar-refractivity contribution is 14.1. The lowest BCUT2D eigenvalue weighted by Crippen LogP contribution is -2.21. The minimum Gasteiger partial charge on any atom is -0.306 e. The van der Waals surface area contributed by atoms with Gasteiger partial charge in [0.15, 0.2) is 0 Å². The minimum atomic E-state index is 0.0868. The van der Waals surface area contributed by atoms with Crippen molar-refractivity contribution in [1.29, 1.82) is 0 Å². The standard InChI is InChI=1S/C8H17IN2/c1-6-8(3,4)10-7(2)11(5)9/h6H2,1-5H3. The van der Waals surface area contributed by atoms with Gasteiger partial charge in [-0.15, -0.1) is 0 Å². The van der Waals surface area contributed by atoms with E-state index in [1.807, 2.05) is 17.1 Å². The van der Waals surface area contributed by atoms with Crippen LogP contribution in [0, 0.1) is 0 Å². The van der Waals surface area contributed by atoms with Gasteiger partial charge in [-0.05, 0) is 27.2 Å². The fourth-order valence-electron chi connectivity index (χ4n) is 0.586. The molecule has 0 saturated heterocycles. The van der Waals surface area contributed by atoms with Crippen LogP contribution in [0.2, 0.25) is 0 Å². The summed E-state index contributed by atoms with van der Waals surface area (Å²) in [6.45, 7) is 8.49. The van der Waals surface area contributed by atoms with Crippen molar-refractivity contribution in [2.75, 3.05) is 7.05 Å². The zero-order chi connectivity index (χ0) is 9.07. The second-order valence-corrected chi connectivity index (χ2v) is 4.75. The van der Waals surface area contributed by atoms with Crippen molar-refractivity contribution >= 4 is 28.7 Å². The predicted octanol–water partition coefficient (Wildman–Crippen LogP) is 2.88. The van der Waals surface area contributed by atoms with Crippen molar-refractivity contribution in [1.82, 2.24) is 3.11 Å². The Bertz CT molecular complexity index is 150. The van der Waals surface area contributed by atoms with Gasteiger partial charge in [0.05, 0.1) is 28.4 Å². The molecule has 0 saturated carbocycles. The Labute approximate surface area is 83.6 Å². The number of hydrogen-bond acceptors (Lipinski definition) is 1. The molecule has 3 heteroatoms. The maximum atomic E-state index is 4.56. The fourth-order valence-corrected chi connectivity index (χ4v) is 0.694. The monoisotopic (exact) mass is 268 g/mol. The first-order valence-electron chi connectivity index (χ1n) is 3.85. The van der Waals surface area contributed by atoms with Gasteiger partial charge in [-0.2, -0.15) is 0 Å². The summed E-state index contributed by atoms with van der Waals surface area (Å²) in [7, 11) is 2.01. The summed E-state index contributed by atoms with van der Waals surface area (Å²) in [5, 5.41) is 0. The molecule has 0 heterocycles. The Morgan fingerprint density at radius 2 is 2.00 bits per heavy atom. The van der Waals surface area contributed by atoms with Crippen LogP contribution in [0.25, 0.3) is 0 Å². The van der Waals surface area contributed by atoms with Gasteiger partial charge in [-0.3, -0.25) is 4.99 Å². The Morgan fingerprint density at radius 1 is 1.55 bits per heavy atom. The van der Waals surface area contributed by atoms with E-state index in [4.69, 9.17) is 0 Å². The molecule has 0 rings (SSSR count). The Hall–Kier alpha value is 0.200. The van der Waals surface area contributed by atoms with Crippen molar-refractivity contribution in [2.45, 2.75) is 39.7 Å². The average molecular weight is 268 g/mol. The van der Waals surface area contributed by atoms with Gasteiger partial charge in [0.2, 0.25) is 0 Å². The van der Waals surface area contributed by atoms with E-state index in [-0.39, 0.29) is 5.54 Å². The summed E-state index contributed by atoms with van der Waals surface area (Å²) in [5.74, 6) is 1.08. The lowest BCUT2D eigenvalue weighted by atomic mass is 10.0. The van der Waals surface area contributed by atoms with E-state index in [0.29, 0.717) is 0 Å². The largest absolute Gasteiger partial charge is 0.306 e. The number of rotatable bonds is 2. The van der Waals surface area contributed by atoms with Gasteiger partial charge >= 0.3 is 0 Å². The lowest BCUT2D eigenvalue weighted by molar-refractivity contribution is 0.500. The molecule has 0 aromatic carbocycles. The molecule has 0 bridgehead atoms. The molecular weight excluding hydrogens is 251 g/mol. The van der Waals surface area contributed by atoms with Gasteiger partial charge in [0.25, 0.3) is 0 Å². The first kappa shape index (κ1) is 11.2. The first-order chi connectivity index (χ1) is 4.89. The van der Waals surface area contributed by atoms with E-state index < -0.39 is 0 Å². The Balaban J connectivity index is 4.29. The summed E-state index contributed by atoms with van der Waals surface area (Å²) < 4.78 is 2.01. The van der Waals surface area contributed by atoms with Crippen LogP contribution < -0.4 is 0 Å². The Morgan fingerprint density at radius 3 is 2.27 bits per heavy atom. The van der Waals surface area contributed by atoms with Crippen molar-refractivity contribution in [3.8, 4) is 0 Å². The summed E-state index contributed by atoms with van der Waals surface area (Å²) in [6, 6.07) is 0. The summed E-state index contributed by atoms with van der Waals surface area (Å²) in [4.78, 5) is 4.56. The van der Waals surface area contributed by atoms with Crippen LogP contribution in [-0.2, 0) is 0 Å². The Kier molecular flexibility index (Phi) is 4.36. The van der Waals surface area contributed by atoms with E-state index in [1.165, 1.54) is 0 Å². The molecule has 66 valence electrons. The molecule has 0 fully saturated rings. The zero-order valence-corrected chi connectivity index (χ0v) is 10.1. The van der Waals surface area contributed by atoms with Gasteiger partial charge in [0.1, 0.15) is 5.84 Å². The summed E-state index contributed by atoms with van der Waals surface area (Å²) in [5.41, 5.74) is 0.0868. The molecule has 0 aromatic rings. The molecule has 2 nitrogen and oxygen atoms in total. The molecule has 0 aliphatic carbocycles.